The van der Waals surface area contributed by atoms with E-state index >= 15 is 0 Å². The summed E-state index contributed by atoms with van der Waals surface area (Å²) in [4.78, 5) is 14.0. The molecule has 1 atom stereocenters. The SMILES string of the molecule is CCN(CC)S(=O)(=O)N1CCN(C(=O)C(C)Oc2ccc(F)c(F)c2)CC1. The highest BCUT2D eigenvalue weighted by molar-refractivity contribution is 7.86. The zero-order chi connectivity index (χ0) is 20.2. The average Bonchev–Trinajstić information content (AvgIpc) is 2.65. The van der Waals surface area contributed by atoms with E-state index in [0.29, 0.717) is 13.1 Å². The van der Waals surface area contributed by atoms with E-state index in [1.54, 1.807) is 13.8 Å². The number of rotatable bonds is 7. The van der Waals surface area contributed by atoms with E-state index in [4.69, 9.17) is 4.74 Å². The first-order valence-corrected chi connectivity index (χ1v) is 10.3. The molecule has 1 unspecified atom stereocenters. The Labute approximate surface area is 158 Å². The van der Waals surface area contributed by atoms with Gasteiger partial charge in [-0.25, -0.2) is 8.78 Å². The van der Waals surface area contributed by atoms with E-state index in [0.717, 1.165) is 12.1 Å². The maximum Gasteiger partial charge on any atom is 0.282 e. The smallest absolute Gasteiger partial charge is 0.282 e. The molecule has 0 bridgehead atoms. The number of ether oxygens (including phenoxy) is 1. The summed E-state index contributed by atoms with van der Waals surface area (Å²) in [7, 11) is -3.53. The highest BCUT2D eigenvalue weighted by Crippen LogP contribution is 2.18. The molecule has 0 saturated carbocycles. The number of benzene rings is 1. The molecule has 27 heavy (non-hydrogen) atoms. The van der Waals surface area contributed by atoms with Gasteiger partial charge in [0.05, 0.1) is 0 Å². The number of carbonyl (C=O) groups excluding carboxylic acids is 1. The Hall–Kier alpha value is -1.78. The van der Waals surface area contributed by atoms with Crippen LogP contribution in [0.1, 0.15) is 20.8 Å². The van der Waals surface area contributed by atoms with Crippen molar-refractivity contribution in [2.45, 2.75) is 26.9 Å². The van der Waals surface area contributed by atoms with Gasteiger partial charge in [0.15, 0.2) is 17.7 Å². The molecule has 1 saturated heterocycles. The van der Waals surface area contributed by atoms with Crippen molar-refractivity contribution < 1.29 is 26.7 Å². The molecular formula is C17H25F2N3O4S. The third-order valence-electron chi connectivity index (χ3n) is 4.46. The second kappa shape index (κ2) is 8.94. The summed E-state index contributed by atoms with van der Waals surface area (Å²) in [6.45, 7) is 6.72. The molecule has 1 aromatic carbocycles. The molecule has 1 aliphatic heterocycles. The fourth-order valence-corrected chi connectivity index (χ4v) is 4.52. The molecule has 2 rings (SSSR count). The Balaban J connectivity index is 1.94. The van der Waals surface area contributed by atoms with Crippen LogP contribution < -0.4 is 4.74 Å². The number of carbonyl (C=O) groups is 1. The molecule has 152 valence electrons. The summed E-state index contributed by atoms with van der Waals surface area (Å²) in [6, 6.07) is 3.06. The zero-order valence-electron chi connectivity index (χ0n) is 15.7. The molecule has 1 fully saturated rings. The lowest BCUT2D eigenvalue weighted by molar-refractivity contribution is -0.139. The van der Waals surface area contributed by atoms with Crippen molar-refractivity contribution in [1.29, 1.82) is 0 Å². The van der Waals surface area contributed by atoms with E-state index in [1.807, 2.05) is 0 Å². The van der Waals surface area contributed by atoms with Gasteiger partial charge in [0.2, 0.25) is 0 Å². The lowest BCUT2D eigenvalue weighted by Crippen LogP contribution is -2.55. The van der Waals surface area contributed by atoms with Crippen molar-refractivity contribution in [2.75, 3.05) is 39.3 Å². The van der Waals surface area contributed by atoms with E-state index < -0.39 is 27.9 Å². The van der Waals surface area contributed by atoms with Crippen LogP contribution in [0.5, 0.6) is 5.75 Å². The molecule has 0 spiro atoms. The summed E-state index contributed by atoms with van der Waals surface area (Å²) < 4.78 is 59.4. The summed E-state index contributed by atoms with van der Waals surface area (Å²) in [5.74, 6) is -2.33. The van der Waals surface area contributed by atoms with E-state index in [9.17, 15) is 22.0 Å². The molecule has 0 radical (unpaired) electrons. The number of hydrogen-bond donors (Lipinski definition) is 0. The first-order chi connectivity index (χ1) is 12.7. The van der Waals surface area contributed by atoms with Crippen LogP contribution >= 0.6 is 0 Å². The first-order valence-electron chi connectivity index (χ1n) is 8.86. The van der Waals surface area contributed by atoms with Gasteiger partial charge < -0.3 is 9.64 Å². The van der Waals surface area contributed by atoms with Gasteiger partial charge in [0.1, 0.15) is 5.75 Å². The predicted octanol–water partition coefficient (Wildman–Crippen LogP) is 1.46. The van der Waals surface area contributed by atoms with E-state index in [-0.39, 0.29) is 37.8 Å². The van der Waals surface area contributed by atoms with Crippen molar-refractivity contribution >= 4 is 16.1 Å². The average molecular weight is 405 g/mol. The Morgan fingerprint density at radius 3 is 2.26 bits per heavy atom. The number of hydrogen-bond acceptors (Lipinski definition) is 4. The van der Waals surface area contributed by atoms with Gasteiger partial charge in [-0.15, -0.1) is 0 Å². The second-order valence-electron chi connectivity index (χ2n) is 6.15. The van der Waals surface area contributed by atoms with Gasteiger partial charge in [-0.05, 0) is 19.1 Å². The number of nitrogens with zero attached hydrogens (tertiary/aromatic N) is 3. The van der Waals surface area contributed by atoms with E-state index in [2.05, 4.69) is 0 Å². The van der Waals surface area contributed by atoms with Crippen LogP contribution in [0.2, 0.25) is 0 Å². The maximum atomic E-state index is 13.2. The van der Waals surface area contributed by atoms with Crippen LogP contribution in [-0.4, -0.2) is 73.2 Å². The molecular weight excluding hydrogens is 380 g/mol. The number of halogens is 2. The molecule has 1 amide bonds. The third kappa shape index (κ3) is 4.94. The monoisotopic (exact) mass is 405 g/mol. The van der Waals surface area contributed by atoms with Gasteiger partial charge in [-0.2, -0.15) is 17.0 Å². The highest BCUT2D eigenvalue weighted by Gasteiger charge is 2.33. The molecule has 7 nitrogen and oxygen atoms in total. The Bertz CT molecular complexity index is 763. The Morgan fingerprint density at radius 2 is 1.74 bits per heavy atom. The fraction of sp³-hybridized carbons (Fsp3) is 0.588. The van der Waals surface area contributed by atoms with Crippen molar-refractivity contribution in [3.63, 3.8) is 0 Å². The zero-order valence-corrected chi connectivity index (χ0v) is 16.5. The normalized spacial score (nSPS) is 17.2. The van der Waals surface area contributed by atoms with Gasteiger partial charge in [0.25, 0.3) is 16.1 Å². The molecule has 0 N–H and O–H groups in total. The van der Waals surface area contributed by atoms with Crippen LogP contribution in [0.15, 0.2) is 18.2 Å². The molecule has 0 aromatic heterocycles. The summed E-state index contributed by atoms with van der Waals surface area (Å²) in [5, 5.41) is 0. The van der Waals surface area contributed by atoms with Crippen molar-refractivity contribution in [2.24, 2.45) is 0 Å². The lowest BCUT2D eigenvalue weighted by Gasteiger charge is -2.37. The third-order valence-corrected chi connectivity index (χ3v) is 6.65. The molecule has 10 heteroatoms. The van der Waals surface area contributed by atoms with Crippen LogP contribution in [-0.2, 0) is 15.0 Å². The number of piperazine rings is 1. The summed E-state index contributed by atoms with van der Waals surface area (Å²) in [6.07, 6.45) is -0.902. The minimum Gasteiger partial charge on any atom is -0.481 e. The first kappa shape index (κ1) is 21.5. The molecule has 1 heterocycles. The van der Waals surface area contributed by atoms with Crippen LogP contribution in [0.3, 0.4) is 0 Å². The topological polar surface area (TPSA) is 70.2 Å². The van der Waals surface area contributed by atoms with Gasteiger partial charge in [0, 0.05) is 45.3 Å². The van der Waals surface area contributed by atoms with E-state index in [1.165, 1.54) is 26.5 Å². The quantitative estimate of drug-likeness (QED) is 0.689. The van der Waals surface area contributed by atoms with Crippen molar-refractivity contribution in [3.8, 4) is 5.75 Å². The van der Waals surface area contributed by atoms with Gasteiger partial charge >= 0.3 is 0 Å². The van der Waals surface area contributed by atoms with Crippen LogP contribution in [0.25, 0.3) is 0 Å². The van der Waals surface area contributed by atoms with Crippen LogP contribution in [0, 0.1) is 11.6 Å². The molecule has 0 aliphatic carbocycles. The second-order valence-corrected chi connectivity index (χ2v) is 8.08. The predicted molar refractivity (Wildman–Crippen MR) is 96.4 cm³/mol. The molecule has 1 aliphatic rings. The summed E-state index contributed by atoms with van der Waals surface area (Å²) in [5.41, 5.74) is 0. The fourth-order valence-electron chi connectivity index (χ4n) is 2.91. The molecule has 1 aromatic rings. The summed E-state index contributed by atoms with van der Waals surface area (Å²) >= 11 is 0. The Kier molecular flexibility index (Phi) is 7.12. The minimum atomic E-state index is -3.53. The lowest BCUT2D eigenvalue weighted by atomic mass is 10.2. The minimum absolute atomic E-state index is 0.0532. The van der Waals surface area contributed by atoms with Crippen molar-refractivity contribution in [3.05, 3.63) is 29.8 Å². The Morgan fingerprint density at radius 1 is 1.15 bits per heavy atom. The van der Waals surface area contributed by atoms with Crippen molar-refractivity contribution in [1.82, 2.24) is 13.5 Å². The maximum absolute atomic E-state index is 13.2. The highest BCUT2D eigenvalue weighted by atomic mass is 32.2. The van der Waals surface area contributed by atoms with Gasteiger partial charge in [-0.3, -0.25) is 4.79 Å². The largest absolute Gasteiger partial charge is 0.481 e. The van der Waals surface area contributed by atoms with Gasteiger partial charge in [-0.1, -0.05) is 13.8 Å². The number of amides is 1. The standard InChI is InChI=1S/C17H25F2N3O4S/c1-4-21(5-2)27(24,25)22-10-8-20(9-11-22)17(23)13(3)26-14-6-7-15(18)16(19)12-14/h6-7,12-13H,4-5,8-11H2,1-3H3. The van der Waals surface area contributed by atoms with Crippen LogP contribution in [0.4, 0.5) is 8.78 Å².